The Labute approximate surface area is 130 Å². The van der Waals surface area contributed by atoms with Gasteiger partial charge in [0.15, 0.2) is 0 Å². The summed E-state index contributed by atoms with van der Waals surface area (Å²) < 4.78 is 0. The first kappa shape index (κ1) is 16.2. The Morgan fingerprint density at radius 1 is 1.00 bits per heavy atom. The quantitative estimate of drug-likeness (QED) is 0.751. The van der Waals surface area contributed by atoms with Gasteiger partial charge in [-0.25, -0.2) is 9.69 Å². The first-order valence-corrected chi connectivity index (χ1v) is 7.53. The van der Waals surface area contributed by atoms with E-state index in [9.17, 15) is 14.4 Å². The van der Waals surface area contributed by atoms with Crippen LogP contribution in [0.4, 0.5) is 10.5 Å². The predicted octanol–water partition coefficient (Wildman–Crippen LogP) is 1.71. The number of nitrogens with zero attached hydrogens (tertiary/aromatic N) is 3. The van der Waals surface area contributed by atoms with E-state index in [1.165, 1.54) is 4.90 Å². The molecular weight excluding hydrogens is 282 g/mol. The molecular formula is C16H21N3O3. The number of carbonyl (C=O) groups excluding carboxylic acids is 3. The molecule has 1 aliphatic rings. The summed E-state index contributed by atoms with van der Waals surface area (Å²) in [5, 5.41) is 0. The fraction of sp³-hybridized carbons (Fsp3) is 0.438. The molecule has 0 aromatic heterocycles. The van der Waals surface area contributed by atoms with E-state index in [4.69, 9.17) is 0 Å². The zero-order valence-electron chi connectivity index (χ0n) is 13.0. The van der Waals surface area contributed by atoms with Crippen LogP contribution in [0.1, 0.15) is 20.3 Å². The van der Waals surface area contributed by atoms with Crippen molar-refractivity contribution in [3.05, 3.63) is 30.3 Å². The maximum absolute atomic E-state index is 12.5. The van der Waals surface area contributed by atoms with Crippen LogP contribution < -0.4 is 4.90 Å². The summed E-state index contributed by atoms with van der Waals surface area (Å²) in [5.74, 6) is -0.894. The maximum atomic E-state index is 12.5. The molecule has 1 heterocycles. The molecule has 1 saturated heterocycles. The van der Waals surface area contributed by atoms with E-state index >= 15 is 0 Å². The van der Waals surface area contributed by atoms with Crippen LogP contribution >= 0.6 is 0 Å². The van der Waals surface area contributed by atoms with Gasteiger partial charge in [-0.05, 0) is 25.2 Å². The van der Waals surface area contributed by atoms with Crippen molar-refractivity contribution in [1.82, 2.24) is 9.80 Å². The fourth-order valence-electron chi connectivity index (χ4n) is 2.47. The number of para-hydroxylation sites is 1. The monoisotopic (exact) mass is 303 g/mol. The van der Waals surface area contributed by atoms with Gasteiger partial charge in [-0.3, -0.25) is 14.5 Å². The summed E-state index contributed by atoms with van der Waals surface area (Å²) in [5.41, 5.74) is 0.498. The van der Waals surface area contributed by atoms with Gasteiger partial charge in [0.1, 0.15) is 6.42 Å². The third kappa shape index (κ3) is 3.33. The van der Waals surface area contributed by atoms with Gasteiger partial charge < -0.3 is 4.90 Å². The highest BCUT2D eigenvalue weighted by Gasteiger charge is 2.38. The van der Waals surface area contributed by atoms with Crippen LogP contribution in [0.15, 0.2) is 30.3 Å². The van der Waals surface area contributed by atoms with Crippen molar-refractivity contribution in [2.24, 2.45) is 0 Å². The smallest absolute Gasteiger partial charge is 0.302 e. The maximum Gasteiger partial charge on any atom is 0.338 e. The van der Waals surface area contributed by atoms with Gasteiger partial charge in [-0.15, -0.1) is 0 Å². The number of carbonyl (C=O) groups is 3. The zero-order valence-corrected chi connectivity index (χ0v) is 13.0. The number of hydrogen-bond donors (Lipinski definition) is 0. The van der Waals surface area contributed by atoms with Crippen molar-refractivity contribution < 1.29 is 14.4 Å². The lowest BCUT2D eigenvalue weighted by atomic mass is 10.2. The number of imide groups is 2. The van der Waals surface area contributed by atoms with Gasteiger partial charge in [-0.2, -0.15) is 0 Å². The Bertz CT molecular complexity index is 555. The second kappa shape index (κ2) is 7.17. The van der Waals surface area contributed by atoms with E-state index in [0.29, 0.717) is 18.8 Å². The minimum Gasteiger partial charge on any atom is -0.302 e. The van der Waals surface area contributed by atoms with Gasteiger partial charge in [0.2, 0.25) is 11.8 Å². The molecule has 0 N–H and O–H groups in total. The predicted molar refractivity (Wildman–Crippen MR) is 83.4 cm³/mol. The van der Waals surface area contributed by atoms with Crippen molar-refractivity contribution in [2.75, 3.05) is 31.1 Å². The molecule has 1 aromatic carbocycles. The van der Waals surface area contributed by atoms with Crippen molar-refractivity contribution in [2.45, 2.75) is 20.3 Å². The minimum absolute atomic E-state index is 0.265. The summed E-state index contributed by atoms with van der Waals surface area (Å²) in [6, 6.07) is 8.15. The van der Waals surface area contributed by atoms with Crippen LogP contribution in [0.5, 0.6) is 0 Å². The molecule has 0 radical (unpaired) electrons. The van der Waals surface area contributed by atoms with Crippen LogP contribution in [-0.2, 0) is 9.59 Å². The summed E-state index contributed by atoms with van der Waals surface area (Å²) in [4.78, 5) is 41.0. The molecule has 0 spiro atoms. The van der Waals surface area contributed by atoms with Crippen LogP contribution in [0.25, 0.3) is 0 Å². The number of urea groups is 1. The third-order valence-electron chi connectivity index (χ3n) is 3.82. The topological polar surface area (TPSA) is 60.9 Å². The Hall–Kier alpha value is -2.21. The lowest BCUT2D eigenvalue weighted by Gasteiger charge is -2.33. The molecule has 0 aliphatic carbocycles. The lowest BCUT2D eigenvalue weighted by molar-refractivity contribution is -0.135. The molecule has 6 nitrogen and oxygen atoms in total. The number of benzene rings is 1. The van der Waals surface area contributed by atoms with Crippen molar-refractivity contribution in [3.63, 3.8) is 0 Å². The van der Waals surface area contributed by atoms with E-state index in [0.717, 1.165) is 18.0 Å². The summed E-state index contributed by atoms with van der Waals surface area (Å²) >= 11 is 0. The van der Waals surface area contributed by atoms with Crippen LogP contribution in [-0.4, -0.2) is 53.8 Å². The highest BCUT2D eigenvalue weighted by molar-refractivity contribution is 6.26. The highest BCUT2D eigenvalue weighted by Crippen LogP contribution is 2.21. The Morgan fingerprint density at radius 3 is 2.23 bits per heavy atom. The summed E-state index contributed by atoms with van der Waals surface area (Å²) in [7, 11) is 0. The van der Waals surface area contributed by atoms with Gasteiger partial charge in [0.25, 0.3) is 0 Å². The van der Waals surface area contributed by atoms with Gasteiger partial charge in [-0.1, -0.05) is 32.0 Å². The van der Waals surface area contributed by atoms with Gasteiger partial charge in [0.05, 0.1) is 5.69 Å². The number of barbiturate groups is 1. The second-order valence-corrected chi connectivity index (χ2v) is 5.10. The molecule has 0 bridgehead atoms. The molecule has 0 atom stereocenters. The van der Waals surface area contributed by atoms with E-state index < -0.39 is 17.8 Å². The largest absolute Gasteiger partial charge is 0.338 e. The molecule has 2 rings (SSSR count). The molecule has 0 unspecified atom stereocenters. The fourth-order valence-corrected chi connectivity index (χ4v) is 2.47. The molecule has 22 heavy (non-hydrogen) atoms. The number of amides is 4. The van der Waals surface area contributed by atoms with E-state index in [1.54, 1.807) is 24.3 Å². The molecule has 1 fully saturated rings. The summed E-state index contributed by atoms with van der Waals surface area (Å²) in [6.45, 7) is 6.69. The zero-order chi connectivity index (χ0) is 16.1. The molecule has 4 amide bonds. The number of rotatable bonds is 6. The number of likely N-dealkylation sites (N-methyl/N-ethyl adjacent to an activating group) is 1. The van der Waals surface area contributed by atoms with Crippen LogP contribution in [0, 0.1) is 0 Å². The SMILES string of the molecule is CCN(CC)CCN1C(=O)CC(=O)N(c2ccccc2)C1=O. The standard InChI is InChI=1S/C16H21N3O3/c1-3-17(4-2)10-11-18-14(20)12-15(21)19(16(18)22)13-8-6-5-7-9-13/h5-9H,3-4,10-12H2,1-2H3. The average Bonchev–Trinajstić information content (AvgIpc) is 2.51. The lowest BCUT2D eigenvalue weighted by Crippen LogP contribution is -2.56. The Balaban J connectivity index is 2.15. The van der Waals surface area contributed by atoms with Crippen molar-refractivity contribution >= 4 is 23.5 Å². The first-order valence-electron chi connectivity index (χ1n) is 7.53. The first-order chi connectivity index (χ1) is 10.6. The second-order valence-electron chi connectivity index (χ2n) is 5.10. The number of anilines is 1. The van der Waals surface area contributed by atoms with E-state index in [2.05, 4.69) is 4.90 Å². The Kier molecular flexibility index (Phi) is 5.27. The van der Waals surface area contributed by atoms with Gasteiger partial charge >= 0.3 is 6.03 Å². The molecule has 118 valence electrons. The molecule has 1 aromatic rings. The summed E-state index contributed by atoms with van der Waals surface area (Å²) in [6.07, 6.45) is -0.265. The highest BCUT2D eigenvalue weighted by atomic mass is 16.2. The normalized spacial score (nSPS) is 15.9. The average molecular weight is 303 g/mol. The minimum atomic E-state index is -0.556. The van der Waals surface area contributed by atoms with E-state index in [1.807, 2.05) is 19.9 Å². The number of hydrogen-bond acceptors (Lipinski definition) is 4. The van der Waals surface area contributed by atoms with Crippen LogP contribution in [0.3, 0.4) is 0 Å². The van der Waals surface area contributed by atoms with E-state index in [-0.39, 0.29) is 6.42 Å². The molecule has 6 heteroatoms. The van der Waals surface area contributed by atoms with Crippen molar-refractivity contribution in [3.8, 4) is 0 Å². The molecule has 1 aliphatic heterocycles. The van der Waals surface area contributed by atoms with Gasteiger partial charge in [0, 0.05) is 13.1 Å². The third-order valence-corrected chi connectivity index (χ3v) is 3.82. The van der Waals surface area contributed by atoms with Crippen molar-refractivity contribution in [1.29, 1.82) is 0 Å². The Morgan fingerprint density at radius 2 is 1.64 bits per heavy atom. The molecule has 0 saturated carbocycles. The van der Waals surface area contributed by atoms with Crippen LogP contribution in [0.2, 0.25) is 0 Å².